The number of likely N-dealkylation sites (N-methyl/N-ethyl adjacent to an activating group) is 1. The minimum Gasteiger partial charge on any atom is -0.756 e. The van der Waals surface area contributed by atoms with Crippen LogP contribution in [0.5, 0.6) is 0 Å². The van der Waals surface area contributed by atoms with Gasteiger partial charge < -0.3 is 34.0 Å². The molecule has 0 radical (unpaired) electrons. The Hall–Kier alpha value is -1.84. The van der Waals surface area contributed by atoms with E-state index < -0.39 is 32.7 Å². The number of allylic oxidation sites excluding steroid dienone is 9. The predicted octanol–water partition coefficient (Wildman–Crippen LogP) is 9.80. The summed E-state index contributed by atoms with van der Waals surface area (Å²) >= 11 is 0. The van der Waals surface area contributed by atoms with Crippen molar-refractivity contribution in [3.8, 4) is 0 Å². The van der Waals surface area contributed by atoms with Crippen LogP contribution in [0.3, 0.4) is 0 Å². The molecule has 0 aromatic carbocycles. The monoisotopic (exact) mass is 781 g/mol. The average Bonchev–Trinajstić information content (AvgIpc) is 3.11. The van der Waals surface area contributed by atoms with E-state index in [1.54, 1.807) is 6.08 Å². The maximum absolute atomic E-state index is 12.9. The summed E-state index contributed by atoms with van der Waals surface area (Å²) in [5, 5.41) is 24.1. The van der Waals surface area contributed by atoms with Crippen LogP contribution in [0.2, 0.25) is 0 Å². The lowest BCUT2D eigenvalue weighted by atomic mass is 10.0. The summed E-state index contributed by atoms with van der Waals surface area (Å²) in [6, 6.07) is -0.897. The molecule has 0 aromatic heterocycles. The van der Waals surface area contributed by atoms with Gasteiger partial charge in [-0.15, -0.1) is 0 Å². The molecule has 3 N–H and O–H groups in total. The fourth-order valence-electron chi connectivity index (χ4n) is 5.71. The highest BCUT2D eigenvalue weighted by atomic mass is 31.2. The molecule has 0 spiro atoms. The summed E-state index contributed by atoms with van der Waals surface area (Å²) in [4.78, 5) is 25.3. The van der Waals surface area contributed by atoms with Gasteiger partial charge in [-0.05, 0) is 44.9 Å². The molecule has 0 fully saturated rings. The highest BCUT2D eigenvalue weighted by Gasteiger charge is 2.24. The highest BCUT2D eigenvalue weighted by Crippen LogP contribution is 2.38. The van der Waals surface area contributed by atoms with Crippen molar-refractivity contribution in [2.24, 2.45) is 0 Å². The number of aliphatic hydroxyl groups is 2. The first-order valence-corrected chi connectivity index (χ1v) is 22.7. The van der Waals surface area contributed by atoms with Gasteiger partial charge in [0.05, 0.1) is 46.0 Å². The maximum Gasteiger partial charge on any atom is 0.268 e. The zero-order valence-corrected chi connectivity index (χ0v) is 35.9. The standard InChI is InChI=1S/C44H81N2O7P/c1-6-8-10-12-14-16-18-20-22-24-26-28-30-32-36-43(48)42(40-53-54(50,51)52-39-38-46(3,4)5)45-44(49)37-33-35-41(47)34-31-29-27-25-23-21-19-17-15-13-11-9-7-2/h9,11,15,17,21,23,27,29,31,34,41-43,47-48H,6-8,10,12-14,16,18-20,22,24-26,28,30,32-33,35-40H2,1-5H3,(H-,45,49,50,51)/b11-9-,17-15-,23-21-,29-27-,34-31+/t41?,42-,43+/m0/s1. The Balaban J connectivity index is 4.64. The topological polar surface area (TPSA) is 128 Å². The highest BCUT2D eigenvalue weighted by molar-refractivity contribution is 7.45. The van der Waals surface area contributed by atoms with E-state index in [1.165, 1.54) is 70.6 Å². The summed E-state index contributed by atoms with van der Waals surface area (Å²) in [6.07, 6.45) is 41.0. The van der Waals surface area contributed by atoms with E-state index in [9.17, 15) is 24.5 Å². The molecular weight excluding hydrogens is 699 g/mol. The normalized spacial score (nSPS) is 15.6. The smallest absolute Gasteiger partial charge is 0.268 e. The Morgan fingerprint density at radius 3 is 1.76 bits per heavy atom. The second kappa shape index (κ2) is 35.6. The summed E-state index contributed by atoms with van der Waals surface area (Å²) in [5.74, 6) is -0.328. The van der Waals surface area contributed by atoms with Crippen molar-refractivity contribution in [3.05, 3.63) is 60.8 Å². The Morgan fingerprint density at radius 1 is 0.704 bits per heavy atom. The minimum atomic E-state index is -4.62. The number of phosphoric acid groups is 1. The molecule has 0 aromatic rings. The molecule has 0 saturated heterocycles. The zero-order chi connectivity index (χ0) is 40.2. The molecule has 10 heteroatoms. The lowest BCUT2D eigenvalue weighted by Crippen LogP contribution is -2.46. The van der Waals surface area contributed by atoms with Gasteiger partial charge in [-0.3, -0.25) is 9.36 Å². The number of rotatable bonds is 37. The Labute approximate surface area is 331 Å². The van der Waals surface area contributed by atoms with E-state index in [1.807, 2.05) is 39.4 Å². The first-order valence-electron chi connectivity index (χ1n) is 21.2. The molecule has 0 aliphatic rings. The van der Waals surface area contributed by atoms with Crippen molar-refractivity contribution >= 4 is 13.7 Å². The van der Waals surface area contributed by atoms with Gasteiger partial charge in [0.1, 0.15) is 13.2 Å². The van der Waals surface area contributed by atoms with Crippen LogP contribution in [0.15, 0.2) is 60.8 Å². The molecule has 9 nitrogen and oxygen atoms in total. The van der Waals surface area contributed by atoms with Crippen LogP contribution < -0.4 is 10.2 Å². The molecule has 0 rings (SSSR count). The van der Waals surface area contributed by atoms with Crippen LogP contribution in [-0.2, 0) is 18.4 Å². The van der Waals surface area contributed by atoms with Gasteiger partial charge in [-0.1, -0.05) is 164 Å². The number of carbonyl (C=O) groups is 1. The van der Waals surface area contributed by atoms with Crippen molar-refractivity contribution in [1.82, 2.24) is 5.32 Å². The summed E-state index contributed by atoms with van der Waals surface area (Å²) in [6.45, 7) is 4.42. The van der Waals surface area contributed by atoms with Crippen LogP contribution in [0, 0.1) is 0 Å². The maximum atomic E-state index is 12.9. The number of unbranched alkanes of at least 4 members (excludes halogenated alkanes) is 13. The lowest BCUT2D eigenvalue weighted by molar-refractivity contribution is -0.870. The molecule has 0 saturated carbocycles. The third kappa shape index (κ3) is 37.1. The SMILES string of the molecule is CC/C=C\C/C=C\C/C=C\C/C=C\C=C\C(O)CCCC(=O)N[C@@H](COP(=O)([O-])OCC[N+](C)(C)C)[C@H](O)CCCCCCCCCCCCCCCC. The second-order valence-corrected chi connectivity index (χ2v) is 16.9. The van der Waals surface area contributed by atoms with E-state index in [-0.39, 0.29) is 18.9 Å². The van der Waals surface area contributed by atoms with Crippen molar-refractivity contribution in [3.63, 3.8) is 0 Å². The van der Waals surface area contributed by atoms with Gasteiger partial charge in [0.2, 0.25) is 5.91 Å². The number of nitrogens with zero attached hydrogens (tertiary/aromatic N) is 1. The average molecular weight is 781 g/mol. The summed E-state index contributed by atoms with van der Waals surface area (Å²) in [7, 11) is 1.17. The number of hydrogen-bond donors (Lipinski definition) is 3. The van der Waals surface area contributed by atoms with Gasteiger partial charge in [-0.25, -0.2) is 0 Å². The molecule has 314 valence electrons. The third-order valence-electron chi connectivity index (χ3n) is 9.12. The van der Waals surface area contributed by atoms with E-state index in [2.05, 4.69) is 55.6 Å². The number of amides is 1. The Morgan fingerprint density at radius 2 is 1.22 bits per heavy atom. The fraction of sp³-hybridized carbons (Fsp3) is 0.750. The number of carbonyl (C=O) groups excluding carboxylic acids is 1. The zero-order valence-electron chi connectivity index (χ0n) is 35.0. The van der Waals surface area contributed by atoms with Crippen LogP contribution in [0.4, 0.5) is 0 Å². The van der Waals surface area contributed by atoms with E-state index in [4.69, 9.17) is 9.05 Å². The van der Waals surface area contributed by atoms with Crippen LogP contribution >= 0.6 is 7.82 Å². The van der Waals surface area contributed by atoms with Gasteiger partial charge >= 0.3 is 0 Å². The summed E-state index contributed by atoms with van der Waals surface area (Å²) < 4.78 is 23.1. The van der Waals surface area contributed by atoms with Crippen molar-refractivity contribution < 1.29 is 38.0 Å². The summed E-state index contributed by atoms with van der Waals surface area (Å²) in [5.41, 5.74) is 0. The van der Waals surface area contributed by atoms with E-state index >= 15 is 0 Å². The molecular formula is C44H81N2O7P. The van der Waals surface area contributed by atoms with Gasteiger partial charge in [0.15, 0.2) is 0 Å². The molecule has 0 bridgehead atoms. The molecule has 1 amide bonds. The predicted molar refractivity (Wildman–Crippen MR) is 225 cm³/mol. The van der Waals surface area contributed by atoms with E-state index in [0.29, 0.717) is 30.3 Å². The molecule has 54 heavy (non-hydrogen) atoms. The number of quaternary nitrogens is 1. The second-order valence-electron chi connectivity index (χ2n) is 15.5. The minimum absolute atomic E-state index is 0.0258. The molecule has 4 atom stereocenters. The van der Waals surface area contributed by atoms with Crippen LogP contribution in [0.1, 0.15) is 155 Å². The first kappa shape index (κ1) is 52.2. The van der Waals surface area contributed by atoms with Crippen LogP contribution in [-0.4, -0.2) is 79.8 Å². The molecule has 2 unspecified atom stereocenters. The molecule has 0 aliphatic carbocycles. The molecule has 0 aliphatic heterocycles. The Bertz CT molecular complexity index is 1080. The van der Waals surface area contributed by atoms with Crippen molar-refractivity contribution in [2.45, 2.75) is 173 Å². The number of aliphatic hydroxyl groups excluding tert-OH is 2. The van der Waals surface area contributed by atoms with Gasteiger partial charge in [-0.2, -0.15) is 0 Å². The van der Waals surface area contributed by atoms with Gasteiger partial charge in [0, 0.05) is 6.42 Å². The molecule has 0 heterocycles. The van der Waals surface area contributed by atoms with E-state index in [0.717, 1.165) is 44.9 Å². The Kier molecular flexibility index (Phi) is 34.4. The van der Waals surface area contributed by atoms with Crippen LogP contribution in [0.25, 0.3) is 0 Å². The quantitative estimate of drug-likeness (QED) is 0.0188. The van der Waals surface area contributed by atoms with Crippen molar-refractivity contribution in [2.75, 3.05) is 40.9 Å². The number of hydrogen-bond acceptors (Lipinski definition) is 7. The first-order chi connectivity index (χ1) is 25.9. The lowest BCUT2D eigenvalue weighted by Gasteiger charge is -2.30. The fourth-order valence-corrected chi connectivity index (χ4v) is 6.44. The van der Waals surface area contributed by atoms with Crippen molar-refractivity contribution in [1.29, 1.82) is 0 Å². The largest absolute Gasteiger partial charge is 0.756 e. The number of phosphoric ester groups is 1. The third-order valence-corrected chi connectivity index (χ3v) is 10.1. The van der Waals surface area contributed by atoms with Gasteiger partial charge in [0.25, 0.3) is 7.82 Å². The number of nitrogens with one attached hydrogen (secondary N) is 1.